The summed E-state index contributed by atoms with van der Waals surface area (Å²) in [6, 6.07) is 0. The molecule has 1 N–H and O–H groups in total. The highest BCUT2D eigenvalue weighted by Gasteiger charge is 2.28. The maximum Gasteiger partial charge on any atom is 0.334 e. The van der Waals surface area contributed by atoms with Gasteiger partial charge in [0.25, 0.3) is 0 Å². The first-order chi connectivity index (χ1) is 11.3. The average molecular weight is 332 g/mol. The van der Waals surface area contributed by atoms with Crippen molar-refractivity contribution >= 4 is 17.5 Å². The van der Waals surface area contributed by atoms with E-state index in [2.05, 4.69) is 6.58 Å². The van der Waals surface area contributed by atoms with E-state index in [1.165, 1.54) is 6.08 Å². The van der Waals surface area contributed by atoms with Gasteiger partial charge in [-0.1, -0.05) is 17.7 Å². The van der Waals surface area contributed by atoms with E-state index in [0.29, 0.717) is 30.4 Å². The fourth-order valence-corrected chi connectivity index (χ4v) is 3.07. The quantitative estimate of drug-likeness (QED) is 0.589. The van der Waals surface area contributed by atoms with Crippen LogP contribution in [0.2, 0.25) is 0 Å². The number of allylic oxidation sites excluding steroid dienone is 1. The summed E-state index contributed by atoms with van der Waals surface area (Å²) < 4.78 is 5.31. The van der Waals surface area contributed by atoms with E-state index < -0.39 is 11.9 Å². The fraction of sp³-hybridized carbons (Fsp3) is 0.526. The van der Waals surface area contributed by atoms with E-state index in [-0.39, 0.29) is 36.6 Å². The molecule has 2 rings (SSSR count). The summed E-state index contributed by atoms with van der Waals surface area (Å²) in [4.78, 5) is 36.1. The first kappa shape index (κ1) is 18.3. The number of carbonyl (C=O) groups is 3. The Kier molecular flexibility index (Phi) is 5.89. The van der Waals surface area contributed by atoms with Crippen LogP contribution in [-0.2, 0) is 19.1 Å². The number of Topliss-reactive ketones (excluding diaryl/α,β-unsaturated/α-hetero) is 1. The van der Waals surface area contributed by atoms with Crippen LogP contribution in [0.1, 0.15) is 46.0 Å². The zero-order chi connectivity index (χ0) is 17.9. The van der Waals surface area contributed by atoms with Gasteiger partial charge in [-0.15, -0.1) is 0 Å². The first-order valence-electron chi connectivity index (χ1n) is 8.24. The molecule has 3 atom stereocenters. The van der Waals surface area contributed by atoms with Gasteiger partial charge in [0.2, 0.25) is 0 Å². The highest BCUT2D eigenvalue weighted by Crippen LogP contribution is 2.28. The van der Waals surface area contributed by atoms with Gasteiger partial charge >= 0.3 is 5.97 Å². The monoisotopic (exact) mass is 332 g/mol. The number of aliphatic hydroxyl groups is 1. The molecule has 5 heteroatoms. The lowest BCUT2D eigenvalue weighted by atomic mass is 9.87. The molecule has 0 fully saturated rings. The average Bonchev–Trinajstić information content (AvgIpc) is 2.81. The lowest BCUT2D eigenvalue weighted by Crippen LogP contribution is -2.24. The summed E-state index contributed by atoms with van der Waals surface area (Å²) >= 11 is 0. The van der Waals surface area contributed by atoms with Gasteiger partial charge in [0.15, 0.2) is 5.78 Å². The van der Waals surface area contributed by atoms with Crippen LogP contribution in [0, 0.1) is 5.92 Å². The Morgan fingerprint density at radius 2 is 1.96 bits per heavy atom. The third-order valence-electron chi connectivity index (χ3n) is 4.50. The van der Waals surface area contributed by atoms with E-state index in [0.717, 1.165) is 5.57 Å². The Morgan fingerprint density at radius 1 is 1.25 bits per heavy atom. The molecule has 2 aliphatic rings. The van der Waals surface area contributed by atoms with Gasteiger partial charge < -0.3 is 9.84 Å². The predicted molar refractivity (Wildman–Crippen MR) is 89.1 cm³/mol. The maximum atomic E-state index is 12.1. The highest BCUT2D eigenvalue weighted by molar-refractivity contribution is 5.97. The Hall–Kier alpha value is -2.01. The summed E-state index contributed by atoms with van der Waals surface area (Å²) in [5, 5.41) is 9.94. The molecule has 0 spiro atoms. The van der Waals surface area contributed by atoms with Crippen molar-refractivity contribution in [2.75, 3.05) is 0 Å². The standard InChI is InChI=1S/C19H24O5/c1-11(2)13-4-5-14-9-16(24-19(14)23)6-12(3)7-17(21)18(22)10-15(20)8-13/h7,9,13,16,18,22H,1,4-6,8,10H2,2-3H3. The molecule has 130 valence electrons. The summed E-state index contributed by atoms with van der Waals surface area (Å²) in [7, 11) is 0. The van der Waals surface area contributed by atoms with Crippen molar-refractivity contribution in [3.63, 3.8) is 0 Å². The Balaban J connectivity index is 2.25. The highest BCUT2D eigenvalue weighted by atomic mass is 16.5. The van der Waals surface area contributed by atoms with Crippen molar-refractivity contribution in [3.05, 3.63) is 35.5 Å². The second-order valence-corrected chi connectivity index (χ2v) is 6.78. The van der Waals surface area contributed by atoms with Crippen LogP contribution in [0.5, 0.6) is 0 Å². The van der Waals surface area contributed by atoms with Gasteiger partial charge in [-0.3, -0.25) is 9.59 Å². The third kappa shape index (κ3) is 4.74. The number of hydrogen-bond acceptors (Lipinski definition) is 5. The van der Waals surface area contributed by atoms with Crippen LogP contribution in [-0.4, -0.2) is 34.9 Å². The van der Waals surface area contributed by atoms with Crippen molar-refractivity contribution in [2.45, 2.75) is 58.2 Å². The Labute approximate surface area is 142 Å². The van der Waals surface area contributed by atoms with E-state index >= 15 is 0 Å². The second kappa shape index (κ2) is 7.71. The number of rotatable bonds is 1. The van der Waals surface area contributed by atoms with Gasteiger partial charge in [0, 0.05) is 24.8 Å². The number of hydrogen-bond donors (Lipinski definition) is 1. The van der Waals surface area contributed by atoms with Crippen LogP contribution in [0.4, 0.5) is 0 Å². The van der Waals surface area contributed by atoms with E-state index in [9.17, 15) is 19.5 Å². The molecular weight excluding hydrogens is 308 g/mol. The lowest BCUT2D eigenvalue weighted by Gasteiger charge is -2.17. The van der Waals surface area contributed by atoms with Gasteiger partial charge in [-0.2, -0.15) is 0 Å². The van der Waals surface area contributed by atoms with Crippen LogP contribution in [0.3, 0.4) is 0 Å². The zero-order valence-corrected chi connectivity index (χ0v) is 14.2. The summed E-state index contributed by atoms with van der Waals surface area (Å²) in [5.41, 5.74) is 2.18. The number of ketones is 2. The maximum absolute atomic E-state index is 12.1. The summed E-state index contributed by atoms with van der Waals surface area (Å²) in [5.74, 6) is -1.07. The predicted octanol–water partition coefficient (Wildman–Crippen LogP) is 2.44. The largest absolute Gasteiger partial charge is 0.454 e. The Bertz CT molecular complexity index is 626. The van der Waals surface area contributed by atoms with Crippen LogP contribution < -0.4 is 0 Å². The van der Waals surface area contributed by atoms with Crippen molar-refractivity contribution in [2.24, 2.45) is 5.92 Å². The van der Waals surface area contributed by atoms with Crippen LogP contribution in [0.15, 0.2) is 35.5 Å². The van der Waals surface area contributed by atoms with Crippen molar-refractivity contribution in [1.29, 1.82) is 0 Å². The minimum atomic E-state index is -1.32. The molecule has 0 saturated heterocycles. The van der Waals surface area contributed by atoms with Gasteiger partial charge in [0.05, 0.1) is 0 Å². The van der Waals surface area contributed by atoms with Crippen molar-refractivity contribution in [1.82, 2.24) is 0 Å². The SMILES string of the molecule is C=C(C)C1CCC2=CC(CC(C)=CC(=O)C(O)CC(=O)C1)OC2=O. The zero-order valence-electron chi connectivity index (χ0n) is 14.2. The number of aliphatic hydroxyl groups excluding tert-OH is 1. The smallest absolute Gasteiger partial charge is 0.334 e. The molecule has 0 aromatic rings. The third-order valence-corrected chi connectivity index (χ3v) is 4.50. The molecule has 0 radical (unpaired) electrons. The molecule has 1 aliphatic heterocycles. The topological polar surface area (TPSA) is 80.7 Å². The molecule has 0 amide bonds. The molecule has 1 heterocycles. The molecule has 0 saturated carbocycles. The van der Waals surface area contributed by atoms with Gasteiger partial charge in [-0.05, 0) is 44.8 Å². The molecule has 0 aromatic carbocycles. The molecular formula is C19H24O5. The van der Waals surface area contributed by atoms with Crippen LogP contribution >= 0.6 is 0 Å². The minimum absolute atomic E-state index is 0.0761. The number of esters is 1. The minimum Gasteiger partial charge on any atom is -0.454 e. The summed E-state index contributed by atoms with van der Waals surface area (Å²) in [6.45, 7) is 7.50. The molecule has 3 unspecified atom stereocenters. The molecule has 0 aromatic heterocycles. The fourth-order valence-electron chi connectivity index (χ4n) is 3.07. The summed E-state index contributed by atoms with van der Waals surface area (Å²) in [6.07, 6.45) is 3.02. The first-order valence-corrected chi connectivity index (χ1v) is 8.24. The van der Waals surface area contributed by atoms with E-state index in [1.54, 1.807) is 13.0 Å². The number of ether oxygens (including phenoxy) is 1. The van der Waals surface area contributed by atoms with Crippen molar-refractivity contribution in [3.8, 4) is 0 Å². The molecule has 1 aliphatic carbocycles. The second-order valence-electron chi connectivity index (χ2n) is 6.78. The normalized spacial score (nSPS) is 29.5. The molecule has 24 heavy (non-hydrogen) atoms. The number of carbonyl (C=O) groups excluding carboxylic acids is 3. The van der Waals surface area contributed by atoms with Gasteiger partial charge in [0.1, 0.15) is 18.0 Å². The van der Waals surface area contributed by atoms with Crippen LogP contribution in [0.25, 0.3) is 0 Å². The van der Waals surface area contributed by atoms with E-state index in [1.807, 2.05) is 6.92 Å². The van der Waals surface area contributed by atoms with E-state index in [4.69, 9.17) is 4.74 Å². The van der Waals surface area contributed by atoms with Gasteiger partial charge in [-0.25, -0.2) is 4.79 Å². The molecule has 5 nitrogen and oxygen atoms in total. The lowest BCUT2D eigenvalue weighted by molar-refractivity contribution is -0.139. The Morgan fingerprint density at radius 3 is 2.62 bits per heavy atom. The molecule has 2 bridgehead atoms. The number of fused-ring (bicyclic) bond motifs is 1. The van der Waals surface area contributed by atoms with Crippen molar-refractivity contribution < 1.29 is 24.2 Å².